The number of esters is 1. The van der Waals surface area contributed by atoms with Crippen LogP contribution in [0.25, 0.3) is 33.6 Å². The summed E-state index contributed by atoms with van der Waals surface area (Å²) < 4.78 is 11.6. The van der Waals surface area contributed by atoms with E-state index in [1.807, 2.05) is 55.6 Å². The smallest absolute Gasteiger partial charge is 0.328 e. The molecule has 49 heavy (non-hydrogen) atoms. The van der Waals surface area contributed by atoms with Gasteiger partial charge in [0.15, 0.2) is 0 Å². The first-order valence-corrected chi connectivity index (χ1v) is 18.1. The van der Waals surface area contributed by atoms with Crippen molar-refractivity contribution < 1.29 is 18.7 Å². The summed E-state index contributed by atoms with van der Waals surface area (Å²) in [6.45, 7) is 9.78. The molecule has 4 aromatic carbocycles. The van der Waals surface area contributed by atoms with Crippen molar-refractivity contribution in [2.24, 2.45) is 0 Å². The van der Waals surface area contributed by atoms with Crippen LogP contribution in [0.2, 0.25) is 0 Å². The number of hydrogen-bond acceptors (Lipinski definition) is 6. The van der Waals surface area contributed by atoms with Crippen LogP contribution >= 0.6 is 11.8 Å². The second-order valence-corrected chi connectivity index (χ2v) is 13.7. The lowest BCUT2D eigenvalue weighted by Crippen LogP contribution is -2.42. The van der Waals surface area contributed by atoms with Crippen molar-refractivity contribution >= 4 is 23.6 Å². The fraction of sp³-hybridized carbons (Fsp3) is 0.286. The van der Waals surface area contributed by atoms with Gasteiger partial charge in [0.05, 0.1) is 13.7 Å². The summed E-state index contributed by atoms with van der Waals surface area (Å²) in [5.74, 6) is 1.74. The minimum Gasteiger partial charge on any atom is -0.467 e. The number of nitrogens with zero attached hydrogens (tertiary/aromatic N) is 1. The van der Waals surface area contributed by atoms with Crippen LogP contribution in [0, 0.1) is 13.8 Å². The summed E-state index contributed by atoms with van der Waals surface area (Å²) in [5.41, 5.74) is 8.90. The number of carbonyl (C=O) groups excluding carboxylic acids is 2. The number of thioether (sulfide) groups is 1. The minimum absolute atomic E-state index is 0.218. The van der Waals surface area contributed by atoms with Gasteiger partial charge in [0.1, 0.15) is 17.6 Å². The lowest BCUT2D eigenvalue weighted by molar-refractivity contribution is -0.142. The number of methoxy groups -OCH3 is 1. The van der Waals surface area contributed by atoms with E-state index in [1.54, 1.807) is 11.8 Å². The van der Waals surface area contributed by atoms with Gasteiger partial charge < -0.3 is 14.5 Å². The molecule has 0 aliphatic carbocycles. The quantitative estimate of drug-likeness (QED) is 0.118. The number of rotatable bonds is 14. The second kappa shape index (κ2) is 16.7. The lowest BCUT2D eigenvalue weighted by atomic mass is 9.93. The van der Waals surface area contributed by atoms with E-state index >= 15 is 0 Å². The molecule has 1 N–H and O–H groups in total. The normalized spacial score (nSPS) is 11.9. The molecular formula is C42H46N2O4S. The largest absolute Gasteiger partial charge is 0.467 e. The molecule has 5 rings (SSSR count). The fourth-order valence-corrected chi connectivity index (χ4v) is 6.45. The van der Waals surface area contributed by atoms with Gasteiger partial charge in [-0.05, 0) is 92.1 Å². The van der Waals surface area contributed by atoms with Crippen molar-refractivity contribution in [3.63, 3.8) is 0 Å². The molecule has 0 saturated heterocycles. The molecular weight excluding hydrogens is 629 g/mol. The summed E-state index contributed by atoms with van der Waals surface area (Å²) >= 11 is 1.62. The Hall–Kier alpha value is -4.59. The predicted octanol–water partition coefficient (Wildman–Crippen LogP) is 9.33. The highest BCUT2D eigenvalue weighted by atomic mass is 32.2. The number of ether oxygens (including phenoxy) is 1. The molecule has 7 heteroatoms. The molecule has 0 spiro atoms. The van der Waals surface area contributed by atoms with Crippen molar-refractivity contribution in [1.82, 2.24) is 10.2 Å². The van der Waals surface area contributed by atoms with E-state index in [0.717, 1.165) is 56.2 Å². The highest BCUT2D eigenvalue weighted by molar-refractivity contribution is 7.98. The number of furan rings is 1. The Morgan fingerprint density at radius 2 is 1.53 bits per heavy atom. The van der Waals surface area contributed by atoms with E-state index in [9.17, 15) is 9.59 Å². The third-order valence-electron chi connectivity index (χ3n) is 8.82. The topological polar surface area (TPSA) is 71.8 Å². The van der Waals surface area contributed by atoms with Gasteiger partial charge in [-0.2, -0.15) is 11.8 Å². The molecule has 0 aliphatic heterocycles. The van der Waals surface area contributed by atoms with E-state index in [1.165, 1.54) is 12.7 Å². The van der Waals surface area contributed by atoms with Crippen LogP contribution in [-0.2, 0) is 22.6 Å². The molecule has 0 fully saturated rings. The number of hydrogen-bond donors (Lipinski definition) is 1. The van der Waals surface area contributed by atoms with Crippen LogP contribution in [0.1, 0.15) is 53.1 Å². The zero-order valence-corrected chi connectivity index (χ0v) is 30.1. The molecule has 6 nitrogen and oxygen atoms in total. The van der Waals surface area contributed by atoms with Crippen LogP contribution < -0.4 is 5.32 Å². The van der Waals surface area contributed by atoms with Gasteiger partial charge in [-0.3, -0.25) is 9.69 Å². The van der Waals surface area contributed by atoms with Crippen LogP contribution in [0.5, 0.6) is 0 Å². The van der Waals surface area contributed by atoms with Crippen molar-refractivity contribution in [2.75, 3.05) is 19.1 Å². The Labute approximate surface area is 294 Å². The first-order valence-electron chi connectivity index (χ1n) is 16.7. The fourth-order valence-electron chi connectivity index (χ4n) is 5.98. The molecule has 1 unspecified atom stereocenters. The summed E-state index contributed by atoms with van der Waals surface area (Å²) in [7, 11) is 1.35. The van der Waals surface area contributed by atoms with Gasteiger partial charge in [0.2, 0.25) is 0 Å². The molecule has 0 aliphatic rings. The summed E-state index contributed by atoms with van der Waals surface area (Å²) in [5, 5.41) is 2.95. The standard InChI is InChI=1S/C42H46N2O4S/c1-28(2)44(27-34-25-37(32-13-8-7-9-14-32)40(48-34)33-19-16-29(3)17-20-33)26-31-18-21-36(38(24-31)35-15-11-10-12-30(35)4)41(45)43-39(22-23-49-6)42(46)47-5/h7-21,24-25,28,39H,22-23,26-27H2,1-6H3,(H,43,45). The third kappa shape index (κ3) is 8.91. The van der Waals surface area contributed by atoms with E-state index in [2.05, 4.69) is 91.7 Å². The Kier molecular flexibility index (Phi) is 12.2. The molecule has 0 radical (unpaired) electrons. The first-order chi connectivity index (χ1) is 23.7. The maximum absolute atomic E-state index is 13.8. The van der Waals surface area contributed by atoms with E-state index in [-0.39, 0.29) is 11.9 Å². The van der Waals surface area contributed by atoms with Gasteiger partial charge in [-0.25, -0.2) is 4.79 Å². The van der Waals surface area contributed by atoms with Gasteiger partial charge >= 0.3 is 5.97 Å². The van der Waals surface area contributed by atoms with Crippen LogP contribution in [0.15, 0.2) is 108 Å². The number of aryl methyl sites for hydroxylation is 2. The van der Waals surface area contributed by atoms with Crippen LogP contribution in [-0.4, -0.2) is 48.0 Å². The molecule has 5 aromatic rings. The lowest BCUT2D eigenvalue weighted by Gasteiger charge is -2.26. The maximum atomic E-state index is 13.8. The molecule has 1 atom stereocenters. The Balaban J connectivity index is 1.47. The second-order valence-electron chi connectivity index (χ2n) is 12.7. The van der Waals surface area contributed by atoms with E-state index < -0.39 is 12.0 Å². The third-order valence-corrected chi connectivity index (χ3v) is 9.47. The van der Waals surface area contributed by atoms with E-state index in [0.29, 0.717) is 25.1 Å². The molecule has 0 saturated carbocycles. The monoisotopic (exact) mass is 674 g/mol. The molecule has 1 aromatic heterocycles. The number of carbonyl (C=O) groups is 2. The van der Waals surface area contributed by atoms with Gasteiger partial charge in [-0.1, -0.05) is 90.5 Å². The molecule has 254 valence electrons. The van der Waals surface area contributed by atoms with Gasteiger partial charge in [0, 0.05) is 29.3 Å². The Morgan fingerprint density at radius 3 is 2.20 bits per heavy atom. The first kappa shape index (κ1) is 35.7. The number of benzene rings is 4. The van der Waals surface area contributed by atoms with Crippen LogP contribution in [0.4, 0.5) is 0 Å². The van der Waals surface area contributed by atoms with Crippen molar-refractivity contribution in [3.8, 4) is 33.6 Å². The summed E-state index contributed by atoms with van der Waals surface area (Å²) in [4.78, 5) is 28.7. The highest BCUT2D eigenvalue weighted by Crippen LogP contribution is 2.36. The maximum Gasteiger partial charge on any atom is 0.328 e. The molecule has 1 amide bonds. The van der Waals surface area contributed by atoms with Crippen molar-refractivity contribution in [3.05, 3.63) is 131 Å². The minimum atomic E-state index is -0.718. The van der Waals surface area contributed by atoms with Gasteiger partial charge in [-0.15, -0.1) is 0 Å². The van der Waals surface area contributed by atoms with Gasteiger partial charge in [0.25, 0.3) is 5.91 Å². The summed E-state index contributed by atoms with van der Waals surface area (Å²) in [6.07, 6.45) is 2.47. The van der Waals surface area contributed by atoms with Crippen molar-refractivity contribution in [1.29, 1.82) is 0 Å². The summed E-state index contributed by atoms with van der Waals surface area (Å²) in [6, 6.07) is 34.6. The average Bonchev–Trinajstić information content (AvgIpc) is 3.54. The SMILES string of the molecule is COC(=O)C(CCSC)NC(=O)c1ccc(CN(Cc2cc(-c3ccccc3)c(-c3ccc(C)cc3)o2)C(C)C)cc1-c1ccccc1C. The number of nitrogens with one attached hydrogen (secondary N) is 1. The van der Waals surface area contributed by atoms with Crippen LogP contribution in [0.3, 0.4) is 0 Å². The zero-order chi connectivity index (χ0) is 34.9. The van der Waals surface area contributed by atoms with E-state index in [4.69, 9.17) is 9.15 Å². The predicted molar refractivity (Wildman–Crippen MR) is 202 cm³/mol. The zero-order valence-electron chi connectivity index (χ0n) is 29.3. The highest BCUT2D eigenvalue weighted by Gasteiger charge is 2.25. The molecule has 0 bridgehead atoms. The number of amides is 1. The Bertz CT molecular complexity index is 1860. The Morgan fingerprint density at radius 1 is 0.816 bits per heavy atom. The van der Waals surface area contributed by atoms with Crippen molar-refractivity contribution in [2.45, 2.75) is 59.3 Å². The average molecular weight is 675 g/mol. The molecule has 1 heterocycles.